The lowest BCUT2D eigenvalue weighted by atomic mass is 9.99. The van der Waals surface area contributed by atoms with E-state index < -0.39 is 0 Å². The fourth-order valence-electron chi connectivity index (χ4n) is 6.49. The number of benzene rings is 6. The molecule has 0 atom stereocenters. The maximum atomic E-state index is 11.4. The molecule has 12 bridgehead atoms. The number of phenols is 2. The van der Waals surface area contributed by atoms with Gasteiger partial charge < -0.3 is 39.8 Å². The summed E-state index contributed by atoms with van der Waals surface area (Å²) in [4.78, 5) is 9.38. The Hall–Kier alpha value is -5.00. The average molecular weight is 675 g/mol. The first-order valence-corrected chi connectivity index (χ1v) is 17.2. The molecule has 50 heavy (non-hydrogen) atoms. The van der Waals surface area contributed by atoms with Gasteiger partial charge in [0.25, 0.3) is 0 Å². The molecule has 10 rings (SSSR count). The molecule has 258 valence electrons. The predicted molar refractivity (Wildman–Crippen MR) is 199 cm³/mol. The van der Waals surface area contributed by atoms with Gasteiger partial charge in [0.2, 0.25) is 0 Å². The van der Waals surface area contributed by atoms with Gasteiger partial charge in [-0.25, -0.2) is 0 Å². The first-order valence-electron chi connectivity index (χ1n) is 17.2. The lowest BCUT2D eigenvalue weighted by Crippen LogP contribution is -2.14. The fraction of sp³-hybridized carbons (Fsp3) is 0.300. The Morgan fingerprint density at radius 3 is 1.34 bits per heavy atom. The molecule has 6 aromatic carbocycles. The third kappa shape index (κ3) is 7.44. The van der Waals surface area contributed by atoms with Crippen LogP contribution in [0.25, 0.3) is 43.1 Å². The molecule has 0 aromatic heterocycles. The Kier molecular flexibility index (Phi) is 10.8. The van der Waals surface area contributed by atoms with E-state index in [1.807, 2.05) is 24.3 Å². The Balaban J connectivity index is 1.08. The summed E-state index contributed by atoms with van der Waals surface area (Å²) >= 11 is 0. The number of ether oxygens (including phenoxy) is 4. The molecule has 0 saturated carbocycles. The van der Waals surface area contributed by atoms with Gasteiger partial charge in [0, 0.05) is 46.0 Å². The van der Waals surface area contributed by atoms with Gasteiger partial charge in [-0.2, -0.15) is 0 Å². The summed E-state index contributed by atoms with van der Waals surface area (Å²) in [6.45, 7) is 5.84. The van der Waals surface area contributed by atoms with Gasteiger partial charge in [-0.3, -0.25) is 9.98 Å². The molecular weight excluding hydrogens is 632 g/mol. The van der Waals surface area contributed by atoms with Crippen molar-refractivity contribution in [3.8, 4) is 11.5 Å². The SMILES string of the molecule is Oc1c2cccc3c2c(O)c2cccc(c12)=NCCOCCOCCNc1cccc2cc4c(cccc4cc12)NCCOCCOCCN=3. The number of nitrogens with zero attached hydrogens (tertiary/aromatic N) is 2. The molecule has 10 nitrogen and oxygen atoms in total. The molecule has 0 spiro atoms. The lowest BCUT2D eigenvalue weighted by Gasteiger charge is -2.14. The lowest BCUT2D eigenvalue weighted by molar-refractivity contribution is 0.0547. The number of aromatic hydroxyl groups is 2. The van der Waals surface area contributed by atoms with E-state index in [2.05, 4.69) is 69.1 Å². The van der Waals surface area contributed by atoms with Crippen LogP contribution in [-0.4, -0.2) is 89.2 Å². The highest BCUT2D eigenvalue weighted by Gasteiger charge is 2.15. The number of hydrogen-bond donors (Lipinski definition) is 4. The first kappa shape index (κ1) is 33.5. The molecule has 0 amide bonds. The second-order valence-electron chi connectivity index (χ2n) is 12.1. The maximum absolute atomic E-state index is 11.4. The molecule has 4 aliphatic rings. The van der Waals surface area contributed by atoms with Crippen LogP contribution in [0.1, 0.15) is 0 Å². The number of nitrogens with one attached hydrogen (secondary N) is 2. The van der Waals surface area contributed by atoms with Gasteiger partial charge in [0.15, 0.2) is 0 Å². The molecule has 0 saturated heterocycles. The van der Waals surface area contributed by atoms with Gasteiger partial charge in [0.1, 0.15) is 11.5 Å². The van der Waals surface area contributed by atoms with Gasteiger partial charge >= 0.3 is 0 Å². The first-order chi connectivity index (χ1) is 24.7. The molecule has 4 aliphatic heterocycles. The van der Waals surface area contributed by atoms with Gasteiger partial charge in [-0.15, -0.1) is 0 Å². The van der Waals surface area contributed by atoms with Crippen LogP contribution in [-0.2, 0) is 18.9 Å². The van der Waals surface area contributed by atoms with Gasteiger partial charge in [0.05, 0.1) is 87.4 Å². The highest BCUT2D eigenvalue weighted by atomic mass is 16.5. The summed E-state index contributed by atoms with van der Waals surface area (Å²) in [5, 5.41) is 37.7. The van der Waals surface area contributed by atoms with Crippen LogP contribution in [0, 0.1) is 0 Å². The minimum absolute atomic E-state index is 0.0609. The van der Waals surface area contributed by atoms with E-state index in [-0.39, 0.29) is 11.5 Å². The van der Waals surface area contributed by atoms with Crippen molar-refractivity contribution in [2.45, 2.75) is 0 Å². The standard InChI is InChI=1S/C40H42N4O6/c45-39-30-8-4-12-36-38(30)40(46)29-7-3-11-35(37(29)39)43-15-19-49-23-21-47-17-13-41-33-9-1-5-27-25-32-28(26-31(27)33)6-2-10-34(32)42-14-18-48-22-24-50-20-16-44-36/h1-12,25-26,41-42,45-46H,13-24H2. The van der Waals surface area contributed by atoms with E-state index in [4.69, 9.17) is 18.9 Å². The van der Waals surface area contributed by atoms with Crippen molar-refractivity contribution in [3.63, 3.8) is 0 Å². The van der Waals surface area contributed by atoms with Crippen LogP contribution >= 0.6 is 0 Å². The molecule has 0 fully saturated rings. The van der Waals surface area contributed by atoms with Crippen LogP contribution in [0.5, 0.6) is 11.5 Å². The third-order valence-electron chi connectivity index (χ3n) is 8.85. The minimum atomic E-state index is 0.0609. The molecule has 4 heterocycles. The van der Waals surface area contributed by atoms with Crippen LogP contribution in [0.3, 0.4) is 0 Å². The van der Waals surface area contributed by atoms with Crippen LogP contribution < -0.4 is 21.3 Å². The Labute approximate surface area is 290 Å². The summed E-state index contributed by atoms with van der Waals surface area (Å²) < 4.78 is 23.2. The quantitative estimate of drug-likeness (QED) is 0.122. The van der Waals surface area contributed by atoms with E-state index in [0.29, 0.717) is 111 Å². The smallest absolute Gasteiger partial charge is 0.133 e. The van der Waals surface area contributed by atoms with E-state index in [1.165, 1.54) is 21.5 Å². The molecule has 0 radical (unpaired) electrons. The average Bonchev–Trinajstić information content (AvgIpc) is 3.14. The Morgan fingerprint density at radius 2 is 0.880 bits per heavy atom. The topological polar surface area (TPSA) is 126 Å². The van der Waals surface area contributed by atoms with Gasteiger partial charge in [-0.05, 0) is 47.2 Å². The molecule has 10 heteroatoms. The summed E-state index contributed by atoms with van der Waals surface area (Å²) in [5.41, 5.74) is 2.14. The fourth-order valence-corrected chi connectivity index (χ4v) is 6.49. The van der Waals surface area contributed by atoms with Gasteiger partial charge in [-0.1, -0.05) is 48.5 Å². The van der Waals surface area contributed by atoms with E-state index in [0.717, 1.165) is 11.4 Å². The van der Waals surface area contributed by atoms with Crippen LogP contribution in [0.15, 0.2) is 94.9 Å². The minimum Gasteiger partial charge on any atom is -0.507 e. The van der Waals surface area contributed by atoms with Crippen molar-refractivity contribution >= 4 is 54.5 Å². The normalized spacial score (nSPS) is 16.3. The van der Waals surface area contributed by atoms with Crippen molar-refractivity contribution in [1.82, 2.24) is 0 Å². The van der Waals surface area contributed by atoms with Crippen molar-refractivity contribution in [2.75, 3.05) is 89.7 Å². The summed E-state index contributed by atoms with van der Waals surface area (Å²) in [5.74, 6) is 0.122. The summed E-state index contributed by atoms with van der Waals surface area (Å²) in [6.07, 6.45) is 0. The van der Waals surface area contributed by atoms with Crippen molar-refractivity contribution in [1.29, 1.82) is 0 Å². The van der Waals surface area contributed by atoms with E-state index >= 15 is 0 Å². The largest absolute Gasteiger partial charge is 0.507 e. The zero-order valence-corrected chi connectivity index (χ0v) is 28.0. The van der Waals surface area contributed by atoms with Crippen molar-refractivity contribution in [3.05, 3.63) is 95.6 Å². The zero-order chi connectivity index (χ0) is 34.1. The highest BCUT2D eigenvalue weighted by Crippen LogP contribution is 2.38. The third-order valence-corrected chi connectivity index (χ3v) is 8.85. The number of rotatable bonds is 0. The zero-order valence-electron chi connectivity index (χ0n) is 28.0. The van der Waals surface area contributed by atoms with E-state index in [9.17, 15) is 10.2 Å². The monoisotopic (exact) mass is 674 g/mol. The van der Waals surface area contributed by atoms with Crippen LogP contribution in [0.4, 0.5) is 11.4 Å². The molecule has 0 aliphatic carbocycles. The predicted octanol–water partition coefficient (Wildman–Crippen LogP) is 5.55. The van der Waals surface area contributed by atoms with Crippen LogP contribution in [0.2, 0.25) is 0 Å². The molecule has 4 N–H and O–H groups in total. The van der Waals surface area contributed by atoms with E-state index in [1.54, 1.807) is 12.1 Å². The summed E-state index contributed by atoms with van der Waals surface area (Å²) in [6, 6.07) is 28.0. The second kappa shape index (κ2) is 16.1. The summed E-state index contributed by atoms with van der Waals surface area (Å²) in [7, 11) is 0. The number of anilines is 2. The Morgan fingerprint density at radius 1 is 0.460 bits per heavy atom. The van der Waals surface area contributed by atoms with Crippen molar-refractivity contribution in [2.24, 2.45) is 9.98 Å². The molecule has 6 aromatic rings. The molecule has 0 unspecified atom stereocenters. The molecular formula is C40H42N4O6. The maximum Gasteiger partial charge on any atom is 0.133 e. The second-order valence-corrected chi connectivity index (χ2v) is 12.1. The highest BCUT2D eigenvalue weighted by molar-refractivity contribution is 6.10. The number of hydrogen-bond acceptors (Lipinski definition) is 10. The number of phenolic OH excluding ortho intramolecular Hbond substituents is 2. The Bertz CT molecular complexity index is 2080. The van der Waals surface area contributed by atoms with Crippen molar-refractivity contribution < 1.29 is 29.2 Å².